The molecule has 0 aliphatic carbocycles. The van der Waals surface area contributed by atoms with Gasteiger partial charge in [0, 0.05) is 11.1 Å². The maximum Gasteiger partial charge on any atom is 0.133 e. The molecule has 0 unspecified atom stereocenters. The zero-order valence-electron chi connectivity index (χ0n) is 9.97. The van der Waals surface area contributed by atoms with Crippen molar-refractivity contribution in [2.45, 2.75) is 20.8 Å². The Morgan fingerprint density at radius 3 is 2.59 bits per heavy atom. The summed E-state index contributed by atoms with van der Waals surface area (Å²) in [6.45, 7) is 5.47. The number of aromatic nitrogens is 2. The van der Waals surface area contributed by atoms with Crippen LogP contribution in [0.25, 0.3) is 11.3 Å². The van der Waals surface area contributed by atoms with Gasteiger partial charge in [-0.25, -0.2) is 9.37 Å². The predicted molar refractivity (Wildman–Crippen MR) is 69.0 cm³/mol. The van der Waals surface area contributed by atoms with Gasteiger partial charge in [0.15, 0.2) is 0 Å². The second-order valence-corrected chi connectivity index (χ2v) is 4.48. The first-order chi connectivity index (χ1) is 7.99. The van der Waals surface area contributed by atoms with E-state index in [2.05, 4.69) is 9.97 Å². The van der Waals surface area contributed by atoms with Crippen LogP contribution in [-0.4, -0.2) is 9.97 Å². The van der Waals surface area contributed by atoms with E-state index in [-0.39, 0.29) is 5.82 Å². The third-order valence-electron chi connectivity index (χ3n) is 2.73. The maximum absolute atomic E-state index is 13.5. The van der Waals surface area contributed by atoms with E-state index >= 15 is 0 Å². The van der Waals surface area contributed by atoms with Crippen molar-refractivity contribution >= 4 is 12.2 Å². The van der Waals surface area contributed by atoms with E-state index in [1.54, 1.807) is 13.0 Å². The normalized spacial score (nSPS) is 10.6. The van der Waals surface area contributed by atoms with Crippen LogP contribution < -0.4 is 0 Å². The summed E-state index contributed by atoms with van der Waals surface area (Å²) < 4.78 is 14.1. The molecule has 1 aromatic heterocycles. The van der Waals surface area contributed by atoms with Crippen molar-refractivity contribution in [3.8, 4) is 11.3 Å². The van der Waals surface area contributed by atoms with E-state index in [1.807, 2.05) is 19.9 Å². The average Bonchev–Trinajstić information content (AvgIpc) is 2.27. The highest BCUT2D eigenvalue weighted by atomic mass is 32.1. The van der Waals surface area contributed by atoms with E-state index in [4.69, 9.17) is 12.2 Å². The fourth-order valence-electron chi connectivity index (χ4n) is 1.68. The lowest BCUT2D eigenvalue weighted by Crippen LogP contribution is -1.97. The molecule has 0 aliphatic rings. The number of aromatic amines is 1. The summed E-state index contributed by atoms with van der Waals surface area (Å²) >= 11 is 5.16. The van der Waals surface area contributed by atoms with Gasteiger partial charge in [-0.2, -0.15) is 0 Å². The van der Waals surface area contributed by atoms with Crippen molar-refractivity contribution < 1.29 is 4.39 Å². The van der Waals surface area contributed by atoms with Gasteiger partial charge < -0.3 is 4.98 Å². The Kier molecular flexibility index (Phi) is 3.07. The smallest absolute Gasteiger partial charge is 0.133 e. The minimum atomic E-state index is -0.212. The summed E-state index contributed by atoms with van der Waals surface area (Å²) in [6, 6.07) is 5.16. The second-order valence-electron chi connectivity index (χ2n) is 4.09. The monoisotopic (exact) mass is 248 g/mol. The van der Waals surface area contributed by atoms with Gasteiger partial charge in [-0.05, 0) is 32.4 Å². The third kappa shape index (κ3) is 2.26. The molecule has 0 spiro atoms. The molecular formula is C13H13FN2S. The van der Waals surface area contributed by atoms with Crippen molar-refractivity contribution in [3.63, 3.8) is 0 Å². The Labute approximate surface area is 105 Å². The number of aryl methyl sites for hydroxylation is 2. The lowest BCUT2D eigenvalue weighted by atomic mass is 10.1. The summed E-state index contributed by atoms with van der Waals surface area (Å²) in [7, 11) is 0. The fourth-order valence-corrected chi connectivity index (χ4v) is 1.92. The molecule has 0 saturated carbocycles. The van der Waals surface area contributed by atoms with Crippen LogP contribution >= 0.6 is 12.2 Å². The van der Waals surface area contributed by atoms with Crippen molar-refractivity contribution in [1.29, 1.82) is 0 Å². The second kappa shape index (κ2) is 4.37. The number of halogens is 1. The summed E-state index contributed by atoms with van der Waals surface area (Å²) in [6.07, 6.45) is 0. The fraction of sp³-hybridized carbons (Fsp3) is 0.231. The third-order valence-corrected chi connectivity index (χ3v) is 3.13. The Hall–Kier alpha value is -1.55. The van der Waals surface area contributed by atoms with Gasteiger partial charge in [0.25, 0.3) is 0 Å². The van der Waals surface area contributed by atoms with Crippen LogP contribution in [0.3, 0.4) is 0 Å². The first-order valence-corrected chi connectivity index (χ1v) is 5.74. The number of nitrogens with zero attached hydrogens (tertiary/aromatic N) is 1. The molecule has 0 atom stereocenters. The number of H-pyrrole nitrogens is 1. The molecule has 0 aliphatic heterocycles. The molecule has 1 heterocycles. The van der Waals surface area contributed by atoms with Gasteiger partial charge in [0.05, 0.1) is 5.69 Å². The molecule has 2 nitrogen and oxygen atoms in total. The van der Waals surface area contributed by atoms with Gasteiger partial charge in [-0.15, -0.1) is 0 Å². The molecule has 17 heavy (non-hydrogen) atoms. The minimum absolute atomic E-state index is 0.212. The molecule has 2 aromatic rings. The summed E-state index contributed by atoms with van der Waals surface area (Å²) in [5, 5.41) is 0. The number of hydrogen-bond donors (Lipinski definition) is 1. The van der Waals surface area contributed by atoms with Crippen molar-refractivity contribution in [3.05, 3.63) is 45.6 Å². The number of nitrogens with one attached hydrogen (secondary N) is 1. The highest BCUT2D eigenvalue weighted by molar-refractivity contribution is 7.71. The van der Waals surface area contributed by atoms with Crippen molar-refractivity contribution in [1.82, 2.24) is 9.97 Å². The largest absolute Gasteiger partial charge is 0.343 e. The molecule has 0 saturated heterocycles. The van der Waals surface area contributed by atoms with Gasteiger partial charge in [-0.3, -0.25) is 0 Å². The van der Waals surface area contributed by atoms with Gasteiger partial charge in [0.2, 0.25) is 0 Å². The molecule has 0 bridgehead atoms. The van der Waals surface area contributed by atoms with Crippen LogP contribution in [0, 0.1) is 31.2 Å². The van der Waals surface area contributed by atoms with E-state index in [1.165, 1.54) is 6.07 Å². The van der Waals surface area contributed by atoms with E-state index in [0.29, 0.717) is 10.2 Å². The van der Waals surface area contributed by atoms with Crippen LogP contribution in [0.5, 0.6) is 0 Å². The molecular weight excluding hydrogens is 235 g/mol. The quantitative estimate of drug-likeness (QED) is 0.776. The van der Waals surface area contributed by atoms with Crippen molar-refractivity contribution in [2.75, 3.05) is 0 Å². The van der Waals surface area contributed by atoms with E-state index in [9.17, 15) is 4.39 Å². The van der Waals surface area contributed by atoms with Gasteiger partial charge in [0.1, 0.15) is 16.3 Å². The standard InChI is InChI=1S/C13H13FN2S/c1-7-4-5-10(6-11(7)14)12-8(2)13(17)16-9(3)15-12/h4-6H,1-3H3,(H,15,16,17). The molecule has 1 N–H and O–H groups in total. The molecule has 88 valence electrons. The minimum Gasteiger partial charge on any atom is -0.343 e. The lowest BCUT2D eigenvalue weighted by Gasteiger charge is -2.08. The van der Waals surface area contributed by atoms with E-state index < -0.39 is 0 Å². The first kappa shape index (κ1) is 11.9. The van der Waals surface area contributed by atoms with Gasteiger partial charge >= 0.3 is 0 Å². The van der Waals surface area contributed by atoms with E-state index in [0.717, 1.165) is 22.6 Å². The molecule has 4 heteroatoms. The number of benzene rings is 1. The Morgan fingerprint density at radius 1 is 1.24 bits per heavy atom. The van der Waals surface area contributed by atoms with Crippen LogP contribution in [-0.2, 0) is 0 Å². The number of hydrogen-bond acceptors (Lipinski definition) is 2. The molecule has 0 radical (unpaired) electrons. The predicted octanol–water partition coefficient (Wildman–Crippen LogP) is 3.87. The van der Waals surface area contributed by atoms with Crippen molar-refractivity contribution in [2.24, 2.45) is 0 Å². The summed E-state index contributed by atoms with van der Waals surface area (Å²) in [4.78, 5) is 7.30. The molecule has 0 amide bonds. The zero-order valence-corrected chi connectivity index (χ0v) is 10.8. The molecule has 1 aromatic carbocycles. The average molecular weight is 248 g/mol. The van der Waals surface area contributed by atoms with Crippen LogP contribution in [0.2, 0.25) is 0 Å². The zero-order chi connectivity index (χ0) is 12.6. The van der Waals surface area contributed by atoms with Crippen LogP contribution in [0.15, 0.2) is 18.2 Å². The molecule has 0 fully saturated rings. The van der Waals surface area contributed by atoms with Crippen LogP contribution in [0.1, 0.15) is 17.0 Å². The SMILES string of the molecule is Cc1nc(=S)c(C)c(-c2ccc(C)c(F)c2)[nH]1. The summed E-state index contributed by atoms with van der Waals surface area (Å²) in [5.41, 5.74) is 3.13. The van der Waals surface area contributed by atoms with Gasteiger partial charge in [-0.1, -0.05) is 24.4 Å². The Balaban J connectivity index is 2.68. The molecule has 2 rings (SSSR count). The summed E-state index contributed by atoms with van der Waals surface area (Å²) in [5.74, 6) is 0.521. The highest BCUT2D eigenvalue weighted by Crippen LogP contribution is 2.23. The highest BCUT2D eigenvalue weighted by Gasteiger charge is 2.07. The topological polar surface area (TPSA) is 28.7 Å². The lowest BCUT2D eigenvalue weighted by molar-refractivity contribution is 0.619. The Bertz CT molecular complexity index is 632. The van der Waals surface area contributed by atoms with Crippen LogP contribution in [0.4, 0.5) is 4.39 Å². The number of rotatable bonds is 1. The first-order valence-electron chi connectivity index (χ1n) is 5.33. The Morgan fingerprint density at radius 2 is 1.94 bits per heavy atom. The maximum atomic E-state index is 13.5.